The lowest BCUT2D eigenvalue weighted by atomic mass is 9.95. The van der Waals surface area contributed by atoms with Crippen molar-refractivity contribution in [2.75, 3.05) is 23.7 Å². The summed E-state index contributed by atoms with van der Waals surface area (Å²) in [6, 6.07) is 5.10. The average molecular weight is 371 g/mol. The van der Waals surface area contributed by atoms with Gasteiger partial charge < -0.3 is 9.84 Å². The van der Waals surface area contributed by atoms with Gasteiger partial charge in [-0.25, -0.2) is 4.98 Å². The molecule has 3 heterocycles. The molecule has 8 heteroatoms. The van der Waals surface area contributed by atoms with E-state index in [-0.39, 0.29) is 23.8 Å². The van der Waals surface area contributed by atoms with Crippen molar-refractivity contribution in [3.63, 3.8) is 0 Å². The Morgan fingerprint density at radius 2 is 1.96 bits per heavy atom. The Morgan fingerprint density at radius 3 is 2.56 bits per heavy atom. The van der Waals surface area contributed by atoms with Crippen LogP contribution in [0.3, 0.4) is 0 Å². The van der Waals surface area contributed by atoms with Gasteiger partial charge in [-0.2, -0.15) is 0 Å². The lowest BCUT2D eigenvalue weighted by molar-refractivity contribution is -0.123. The van der Waals surface area contributed by atoms with E-state index in [0.29, 0.717) is 43.3 Å². The molecule has 1 fully saturated rings. The van der Waals surface area contributed by atoms with Gasteiger partial charge in [0.2, 0.25) is 17.7 Å². The molecule has 27 heavy (non-hydrogen) atoms. The number of hydrogen-bond acceptors (Lipinski definition) is 6. The van der Waals surface area contributed by atoms with Crippen molar-refractivity contribution in [3.8, 4) is 0 Å². The lowest BCUT2D eigenvalue weighted by Gasteiger charge is -2.34. The second-order valence-electron chi connectivity index (χ2n) is 7.02. The SMILES string of the molecule is Cc1ccc(NC(=O)C2CCN(C(C)C(=O)Nc3cc(C)no3)CC2)nc1. The molecule has 1 aliphatic rings. The molecule has 1 atom stereocenters. The number of amides is 2. The summed E-state index contributed by atoms with van der Waals surface area (Å²) in [4.78, 5) is 31.1. The molecule has 0 bridgehead atoms. The van der Waals surface area contributed by atoms with Gasteiger partial charge in [-0.15, -0.1) is 0 Å². The molecule has 2 aromatic heterocycles. The van der Waals surface area contributed by atoms with Crippen LogP contribution in [0.5, 0.6) is 0 Å². The number of rotatable bonds is 5. The van der Waals surface area contributed by atoms with E-state index in [0.717, 1.165) is 5.56 Å². The number of aromatic nitrogens is 2. The number of pyridine rings is 1. The highest BCUT2D eigenvalue weighted by molar-refractivity contribution is 5.93. The number of hydrogen-bond donors (Lipinski definition) is 2. The molecular formula is C19H25N5O3. The number of likely N-dealkylation sites (tertiary alicyclic amines) is 1. The van der Waals surface area contributed by atoms with Crippen LogP contribution in [0.4, 0.5) is 11.7 Å². The molecule has 2 N–H and O–H groups in total. The summed E-state index contributed by atoms with van der Waals surface area (Å²) in [5.41, 5.74) is 1.77. The minimum atomic E-state index is -0.307. The van der Waals surface area contributed by atoms with E-state index in [9.17, 15) is 9.59 Å². The molecule has 0 radical (unpaired) electrons. The van der Waals surface area contributed by atoms with Crippen molar-refractivity contribution in [1.82, 2.24) is 15.0 Å². The van der Waals surface area contributed by atoms with Gasteiger partial charge in [-0.05, 0) is 58.3 Å². The van der Waals surface area contributed by atoms with Gasteiger partial charge in [0.25, 0.3) is 0 Å². The molecule has 2 aromatic rings. The number of anilines is 2. The quantitative estimate of drug-likeness (QED) is 0.837. The molecule has 0 spiro atoms. The van der Waals surface area contributed by atoms with Crippen LogP contribution in [0.1, 0.15) is 31.0 Å². The first-order chi connectivity index (χ1) is 12.9. The van der Waals surface area contributed by atoms with Crippen molar-refractivity contribution in [2.24, 2.45) is 5.92 Å². The van der Waals surface area contributed by atoms with E-state index < -0.39 is 0 Å². The molecule has 144 valence electrons. The summed E-state index contributed by atoms with van der Waals surface area (Å²) < 4.78 is 5.03. The Kier molecular flexibility index (Phi) is 5.85. The maximum absolute atomic E-state index is 12.4. The third kappa shape index (κ3) is 4.91. The summed E-state index contributed by atoms with van der Waals surface area (Å²) in [6.07, 6.45) is 3.14. The number of aryl methyl sites for hydroxylation is 2. The smallest absolute Gasteiger partial charge is 0.243 e. The summed E-state index contributed by atoms with van der Waals surface area (Å²) >= 11 is 0. The third-order valence-corrected chi connectivity index (χ3v) is 4.86. The van der Waals surface area contributed by atoms with Gasteiger partial charge in [-0.1, -0.05) is 11.2 Å². The van der Waals surface area contributed by atoms with Crippen molar-refractivity contribution >= 4 is 23.5 Å². The number of carbonyl (C=O) groups is 2. The predicted octanol–water partition coefficient (Wildman–Crippen LogP) is 2.36. The summed E-state index contributed by atoms with van der Waals surface area (Å²) in [5, 5.41) is 9.36. The summed E-state index contributed by atoms with van der Waals surface area (Å²) in [6.45, 7) is 6.97. The standard InChI is InChI=1S/C19H25N5O3/c1-12-4-5-16(20-11-12)21-19(26)15-6-8-24(9-7-15)14(3)18(25)22-17-10-13(2)23-27-17/h4-5,10-11,14-15H,6-9H2,1-3H3,(H,22,25)(H,20,21,26). The molecular weight excluding hydrogens is 346 g/mol. The van der Waals surface area contributed by atoms with Gasteiger partial charge in [0.1, 0.15) is 5.82 Å². The highest BCUT2D eigenvalue weighted by atomic mass is 16.5. The van der Waals surface area contributed by atoms with Crippen LogP contribution in [0.15, 0.2) is 28.9 Å². The van der Waals surface area contributed by atoms with Crippen LogP contribution in [0.2, 0.25) is 0 Å². The monoisotopic (exact) mass is 371 g/mol. The minimum Gasteiger partial charge on any atom is -0.338 e. The normalized spacial score (nSPS) is 16.7. The zero-order valence-electron chi connectivity index (χ0n) is 15.9. The van der Waals surface area contributed by atoms with E-state index in [1.165, 1.54) is 0 Å². The Hall–Kier alpha value is -2.74. The van der Waals surface area contributed by atoms with E-state index in [1.54, 1.807) is 25.3 Å². The Labute approximate surface area is 158 Å². The second kappa shape index (κ2) is 8.30. The van der Waals surface area contributed by atoms with Crippen molar-refractivity contribution in [3.05, 3.63) is 35.7 Å². The summed E-state index contributed by atoms with van der Waals surface area (Å²) in [7, 11) is 0. The van der Waals surface area contributed by atoms with Gasteiger partial charge in [0.05, 0.1) is 11.7 Å². The molecule has 2 amide bonds. The van der Waals surface area contributed by atoms with E-state index in [1.807, 2.05) is 19.9 Å². The van der Waals surface area contributed by atoms with E-state index >= 15 is 0 Å². The van der Waals surface area contributed by atoms with Gasteiger partial charge in [-0.3, -0.25) is 19.8 Å². The Bertz CT molecular complexity index is 794. The molecule has 1 unspecified atom stereocenters. The minimum absolute atomic E-state index is 0.0137. The average Bonchev–Trinajstić information content (AvgIpc) is 3.07. The zero-order valence-corrected chi connectivity index (χ0v) is 15.9. The molecule has 0 aromatic carbocycles. The molecule has 0 saturated carbocycles. The zero-order chi connectivity index (χ0) is 19.4. The number of nitrogens with zero attached hydrogens (tertiary/aromatic N) is 3. The molecule has 0 aliphatic carbocycles. The van der Waals surface area contributed by atoms with Crippen LogP contribution < -0.4 is 10.6 Å². The third-order valence-electron chi connectivity index (χ3n) is 4.86. The van der Waals surface area contributed by atoms with E-state index in [4.69, 9.17) is 4.52 Å². The topological polar surface area (TPSA) is 100 Å². The first kappa shape index (κ1) is 19.0. The van der Waals surface area contributed by atoms with Crippen LogP contribution in [-0.2, 0) is 9.59 Å². The number of piperidine rings is 1. The maximum atomic E-state index is 12.4. The van der Waals surface area contributed by atoms with Crippen LogP contribution in [0.25, 0.3) is 0 Å². The second-order valence-corrected chi connectivity index (χ2v) is 7.02. The van der Waals surface area contributed by atoms with Crippen molar-refractivity contribution in [1.29, 1.82) is 0 Å². The lowest BCUT2D eigenvalue weighted by Crippen LogP contribution is -2.47. The fraction of sp³-hybridized carbons (Fsp3) is 0.474. The molecule has 1 saturated heterocycles. The first-order valence-electron chi connectivity index (χ1n) is 9.14. The number of carbonyl (C=O) groups excluding carboxylic acids is 2. The number of nitrogens with one attached hydrogen (secondary N) is 2. The highest BCUT2D eigenvalue weighted by Crippen LogP contribution is 2.21. The molecule has 1 aliphatic heterocycles. The highest BCUT2D eigenvalue weighted by Gasteiger charge is 2.30. The van der Waals surface area contributed by atoms with Crippen molar-refractivity contribution in [2.45, 2.75) is 39.7 Å². The summed E-state index contributed by atoms with van der Waals surface area (Å²) in [5.74, 6) is 0.696. The molecule has 8 nitrogen and oxygen atoms in total. The maximum Gasteiger partial charge on any atom is 0.243 e. The van der Waals surface area contributed by atoms with Gasteiger partial charge in [0, 0.05) is 18.2 Å². The van der Waals surface area contributed by atoms with Crippen LogP contribution in [0, 0.1) is 19.8 Å². The Morgan fingerprint density at radius 1 is 1.22 bits per heavy atom. The van der Waals surface area contributed by atoms with Crippen molar-refractivity contribution < 1.29 is 14.1 Å². The van der Waals surface area contributed by atoms with Gasteiger partial charge >= 0.3 is 0 Å². The fourth-order valence-electron chi connectivity index (χ4n) is 3.13. The van der Waals surface area contributed by atoms with Crippen LogP contribution in [-0.4, -0.2) is 46.0 Å². The largest absolute Gasteiger partial charge is 0.338 e. The fourth-order valence-corrected chi connectivity index (χ4v) is 3.13. The van der Waals surface area contributed by atoms with Crippen LogP contribution >= 0.6 is 0 Å². The van der Waals surface area contributed by atoms with E-state index in [2.05, 4.69) is 25.7 Å². The van der Waals surface area contributed by atoms with Gasteiger partial charge in [0.15, 0.2) is 0 Å². The predicted molar refractivity (Wildman–Crippen MR) is 101 cm³/mol. The first-order valence-corrected chi connectivity index (χ1v) is 9.14. The molecule has 3 rings (SSSR count). The Balaban J connectivity index is 1.48.